The van der Waals surface area contributed by atoms with E-state index in [0.717, 1.165) is 52.6 Å². The number of likely N-dealkylation sites (N-methyl/N-ethyl adjacent to an activating group) is 1. The van der Waals surface area contributed by atoms with Crippen LogP contribution in [-0.2, 0) is 0 Å². The molecule has 8 nitrogen and oxygen atoms in total. The maximum Gasteiger partial charge on any atom is 0.227 e. The van der Waals surface area contributed by atoms with Crippen LogP contribution in [0.5, 0.6) is 5.75 Å². The lowest BCUT2D eigenvalue weighted by molar-refractivity contribution is 0.250. The molecule has 186 valence electrons. The molecule has 0 spiro atoms. The van der Waals surface area contributed by atoms with Crippen molar-refractivity contribution in [3.05, 3.63) is 97.8 Å². The zero-order valence-electron chi connectivity index (χ0n) is 20.7. The molecule has 5 rings (SSSR count). The number of nitrogens with zero attached hydrogens (tertiary/aromatic N) is 5. The number of hydrogen-bond donors (Lipinski definition) is 2. The molecule has 0 aliphatic heterocycles. The number of hydrogen-bond acceptors (Lipinski definition) is 7. The van der Waals surface area contributed by atoms with Gasteiger partial charge in [-0.2, -0.15) is 5.10 Å². The second kappa shape index (κ2) is 10.9. The van der Waals surface area contributed by atoms with Gasteiger partial charge in [-0.25, -0.2) is 14.5 Å². The largest absolute Gasteiger partial charge is 0.492 e. The van der Waals surface area contributed by atoms with Crippen LogP contribution in [0.4, 0.5) is 17.3 Å². The maximum absolute atomic E-state index is 6.07. The third-order valence-corrected chi connectivity index (χ3v) is 5.88. The summed E-state index contributed by atoms with van der Waals surface area (Å²) >= 11 is 0. The molecule has 8 heteroatoms. The first-order valence-electron chi connectivity index (χ1n) is 12.1. The summed E-state index contributed by atoms with van der Waals surface area (Å²) in [5.41, 5.74) is 11.9. The highest BCUT2D eigenvalue weighted by Gasteiger charge is 2.18. The number of pyridine rings is 1. The zero-order chi connectivity index (χ0) is 25.6. The molecule has 5 aromatic rings. The van der Waals surface area contributed by atoms with E-state index in [2.05, 4.69) is 21.8 Å². The van der Waals surface area contributed by atoms with Crippen LogP contribution < -0.4 is 15.8 Å². The number of anilines is 3. The molecule has 0 radical (unpaired) electrons. The minimum atomic E-state index is 0.481. The number of nitrogens with one attached hydrogen (secondary N) is 1. The predicted molar refractivity (Wildman–Crippen MR) is 149 cm³/mol. The molecule has 0 bridgehead atoms. The van der Waals surface area contributed by atoms with Gasteiger partial charge in [0, 0.05) is 48.5 Å². The number of ether oxygens (including phenoxy) is 1. The van der Waals surface area contributed by atoms with Crippen LogP contribution in [0, 0.1) is 0 Å². The summed E-state index contributed by atoms with van der Waals surface area (Å²) in [5.74, 6) is 1.26. The van der Waals surface area contributed by atoms with Crippen LogP contribution in [0.1, 0.15) is 0 Å². The quantitative estimate of drug-likeness (QED) is 0.203. The van der Waals surface area contributed by atoms with Gasteiger partial charge in [0.25, 0.3) is 0 Å². The van der Waals surface area contributed by atoms with Crippen molar-refractivity contribution >= 4 is 22.8 Å². The number of benzene rings is 2. The molecule has 0 aliphatic carbocycles. The van der Waals surface area contributed by atoms with Crippen molar-refractivity contribution in [3.63, 3.8) is 0 Å². The molecular formula is C29H29N7O. The fourth-order valence-corrected chi connectivity index (χ4v) is 4.12. The highest BCUT2D eigenvalue weighted by Crippen LogP contribution is 2.35. The zero-order valence-corrected chi connectivity index (χ0v) is 20.7. The summed E-state index contributed by atoms with van der Waals surface area (Å²) in [5, 5.41) is 8.14. The summed E-state index contributed by atoms with van der Waals surface area (Å²) < 4.78 is 7.79. The lowest BCUT2D eigenvalue weighted by Gasteiger charge is -2.15. The van der Waals surface area contributed by atoms with Gasteiger partial charge >= 0.3 is 0 Å². The van der Waals surface area contributed by atoms with E-state index in [4.69, 9.17) is 20.6 Å². The van der Waals surface area contributed by atoms with E-state index in [0.29, 0.717) is 18.2 Å². The first kappa shape index (κ1) is 24.0. The van der Waals surface area contributed by atoms with Crippen LogP contribution in [0.2, 0.25) is 0 Å². The average Bonchev–Trinajstić information content (AvgIpc) is 3.29. The third-order valence-electron chi connectivity index (χ3n) is 5.88. The molecule has 3 N–H and O–H groups in total. The van der Waals surface area contributed by atoms with Crippen LogP contribution >= 0.6 is 0 Å². The molecule has 3 aromatic heterocycles. The van der Waals surface area contributed by atoms with Gasteiger partial charge in [0.2, 0.25) is 5.95 Å². The fraction of sp³-hybridized carbons (Fsp3) is 0.138. The molecule has 37 heavy (non-hydrogen) atoms. The summed E-state index contributed by atoms with van der Waals surface area (Å²) in [7, 11) is 2.04. The molecule has 0 atom stereocenters. The van der Waals surface area contributed by atoms with Crippen molar-refractivity contribution in [1.29, 1.82) is 0 Å². The minimum Gasteiger partial charge on any atom is -0.492 e. The highest BCUT2D eigenvalue weighted by molar-refractivity contribution is 5.91. The average molecular weight is 492 g/mol. The van der Waals surface area contributed by atoms with E-state index in [1.54, 1.807) is 6.20 Å². The monoisotopic (exact) mass is 491 g/mol. The van der Waals surface area contributed by atoms with Gasteiger partial charge in [0.15, 0.2) is 0 Å². The van der Waals surface area contributed by atoms with Crippen LogP contribution in [0.25, 0.3) is 28.0 Å². The Kier molecular flexibility index (Phi) is 7.09. The van der Waals surface area contributed by atoms with Crippen molar-refractivity contribution in [1.82, 2.24) is 24.5 Å². The van der Waals surface area contributed by atoms with E-state index in [-0.39, 0.29) is 0 Å². The fourth-order valence-electron chi connectivity index (χ4n) is 4.12. The summed E-state index contributed by atoms with van der Waals surface area (Å²) in [6.45, 7) is 5.99. The Balaban J connectivity index is 1.42. The predicted octanol–water partition coefficient (Wildman–Crippen LogP) is 5.28. The van der Waals surface area contributed by atoms with Gasteiger partial charge < -0.3 is 15.8 Å². The van der Waals surface area contributed by atoms with Crippen molar-refractivity contribution in [2.75, 3.05) is 37.8 Å². The smallest absolute Gasteiger partial charge is 0.227 e. The lowest BCUT2D eigenvalue weighted by atomic mass is 10.0. The normalized spacial score (nSPS) is 11.1. The molecular weight excluding hydrogens is 462 g/mol. The Morgan fingerprint density at radius 2 is 1.97 bits per heavy atom. The topological polar surface area (TPSA) is 93.6 Å². The van der Waals surface area contributed by atoms with Gasteiger partial charge in [0.1, 0.15) is 18.1 Å². The maximum atomic E-state index is 6.07. The van der Waals surface area contributed by atoms with Crippen LogP contribution in [-0.4, -0.2) is 51.2 Å². The summed E-state index contributed by atoms with van der Waals surface area (Å²) in [4.78, 5) is 11.4. The Morgan fingerprint density at radius 1 is 1.08 bits per heavy atom. The van der Waals surface area contributed by atoms with E-state index in [9.17, 15) is 0 Å². The van der Waals surface area contributed by atoms with Crippen molar-refractivity contribution in [2.45, 2.75) is 0 Å². The number of nitrogen functional groups attached to an aromatic ring is 1. The van der Waals surface area contributed by atoms with Gasteiger partial charge in [-0.15, -0.1) is 6.58 Å². The summed E-state index contributed by atoms with van der Waals surface area (Å²) in [6.07, 6.45) is 5.55. The molecule has 0 saturated heterocycles. The Hall–Kier alpha value is -4.69. The van der Waals surface area contributed by atoms with E-state index in [1.165, 1.54) is 0 Å². The van der Waals surface area contributed by atoms with Crippen LogP contribution in [0.15, 0.2) is 97.8 Å². The summed E-state index contributed by atoms with van der Waals surface area (Å²) in [6, 6.07) is 23.4. The van der Waals surface area contributed by atoms with Crippen LogP contribution in [0.3, 0.4) is 0 Å². The first-order valence-corrected chi connectivity index (χ1v) is 12.1. The number of nitrogens with two attached hydrogens (primary N) is 1. The van der Waals surface area contributed by atoms with Gasteiger partial charge in [0.05, 0.1) is 16.8 Å². The molecule has 0 saturated carbocycles. The third kappa shape index (κ3) is 5.60. The van der Waals surface area contributed by atoms with Gasteiger partial charge in [-0.1, -0.05) is 30.3 Å². The van der Waals surface area contributed by atoms with Crippen molar-refractivity contribution < 1.29 is 4.74 Å². The second-order valence-electron chi connectivity index (χ2n) is 8.70. The minimum absolute atomic E-state index is 0.481. The van der Waals surface area contributed by atoms with Gasteiger partial charge in [-0.3, -0.25) is 4.90 Å². The lowest BCUT2D eigenvalue weighted by Crippen LogP contribution is -2.24. The Labute approximate surface area is 216 Å². The van der Waals surface area contributed by atoms with E-state index in [1.807, 2.05) is 96.6 Å². The molecule has 0 fully saturated rings. The standard InChI is InChI=1S/C29H29N7O/c1-3-15-35(2)17-18-37-24-11-7-10-23(20-24)32-29-31-14-13-25(33-29)27-26-12-4-5-16-36(26)34-28(27)21-8-6-9-22(30)19-21/h3-14,16,19-20H,1,15,17-18,30H2,2H3,(H,31,32,33). The van der Waals surface area contributed by atoms with Crippen molar-refractivity contribution in [3.8, 4) is 28.3 Å². The molecule has 2 aromatic carbocycles. The molecule has 3 heterocycles. The second-order valence-corrected chi connectivity index (χ2v) is 8.70. The van der Waals surface area contributed by atoms with Gasteiger partial charge in [-0.05, 0) is 49.5 Å². The number of rotatable bonds is 10. The van der Waals surface area contributed by atoms with E-state index >= 15 is 0 Å². The highest BCUT2D eigenvalue weighted by atomic mass is 16.5. The number of fused-ring (bicyclic) bond motifs is 1. The molecule has 0 aliphatic rings. The first-order chi connectivity index (χ1) is 18.1. The SMILES string of the molecule is C=CCN(C)CCOc1cccc(Nc2nccc(-c3c(-c4cccc(N)c4)nn4ccccc34)n2)c1. The molecule has 0 amide bonds. The van der Waals surface area contributed by atoms with Crippen molar-refractivity contribution in [2.24, 2.45) is 0 Å². The Morgan fingerprint density at radius 3 is 2.84 bits per heavy atom. The number of aromatic nitrogens is 4. The Bertz CT molecular complexity index is 1530. The van der Waals surface area contributed by atoms with E-state index < -0.39 is 0 Å². The molecule has 0 unspecified atom stereocenters.